The summed E-state index contributed by atoms with van der Waals surface area (Å²) in [5.74, 6) is 1.71. The monoisotopic (exact) mass is 591 g/mol. The standard InChI is InChI=1S/C27H31Cl2N5O4S/c28-22-13-21(14-23(29)15-22)25-11-20(17-33-7-3-19(4-8-33)18-39(35,36)37)12-27(32-25)38-24-1-2-26(31-16-24)34-9-5-30-6-10-34/h1-2,11-16,19,30H,3-10,17-18H2,(H,35,36,37). The maximum Gasteiger partial charge on any atom is 0.265 e. The van der Waals surface area contributed by atoms with Crippen LogP contribution in [0.3, 0.4) is 0 Å². The number of ether oxygens (including phenoxy) is 1. The van der Waals surface area contributed by atoms with Gasteiger partial charge in [0.15, 0.2) is 0 Å². The van der Waals surface area contributed by atoms with E-state index in [4.69, 9.17) is 32.9 Å². The Morgan fingerprint density at radius 1 is 1.00 bits per heavy atom. The number of likely N-dealkylation sites (tertiary alicyclic amines) is 1. The van der Waals surface area contributed by atoms with E-state index in [1.165, 1.54) is 0 Å². The van der Waals surface area contributed by atoms with Crippen molar-refractivity contribution in [2.75, 3.05) is 49.9 Å². The molecule has 0 unspecified atom stereocenters. The molecule has 2 N–H and O–H groups in total. The minimum Gasteiger partial charge on any atom is -0.437 e. The normalized spacial score (nSPS) is 17.4. The number of nitrogens with one attached hydrogen (secondary N) is 1. The van der Waals surface area contributed by atoms with Crippen molar-refractivity contribution in [2.45, 2.75) is 19.4 Å². The number of hydrogen-bond acceptors (Lipinski definition) is 8. The summed E-state index contributed by atoms with van der Waals surface area (Å²) < 4.78 is 37.9. The Balaban J connectivity index is 1.35. The molecule has 3 aromatic rings. The fourth-order valence-corrected chi connectivity index (χ4v) is 6.51. The molecule has 2 aromatic heterocycles. The van der Waals surface area contributed by atoms with Crippen LogP contribution in [0.15, 0.2) is 48.7 Å². The molecule has 39 heavy (non-hydrogen) atoms. The topological polar surface area (TPSA) is 108 Å². The third kappa shape index (κ3) is 8.03. The molecule has 4 heterocycles. The molecule has 9 nitrogen and oxygen atoms in total. The number of pyridine rings is 2. The highest BCUT2D eigenvalue weighted by Gasteiger charge is 2.24. The molecule has 2 fully saturated rings. The predicted molar refractivity (Wildman–Crippen MR) is 154 cm³/mol. The Bertz CT molecular complexity index is 1370. The van der Waals surface area contributed by atoms with Gasteiger partial charge in [-0.3, -0.25) is 9.45 Å². The highest BCUT2D eigenvalue weighted by molar-refractivity contribution is 7.85. The first-order chi connectivity index (χ1) is 18.7. The first kappa shape index (κ1) is 28.1. The largest absolute Gasteiger partial charge is 0.437 e. The van der Waals surface area contributed by atoms with Gasteiger partial charge in [-0.05, 0) is 73.8 Å². The minimum atomic E-state index is -3.96. The lowest BCUT2D eigenvalue weighted by molar-refractivity contribution is 0.185. The van der Waals surface area contributed by atoms with E-state index in [0.717, 1.165) is 56.2 Å². The Kier molecular flexibility index (Phi) is 8.90. The molecular weight excluding hydrogens is 561 g/mol. The van der Waals surface area contributed by atoms with Crippen LogP contribution in [0.25, 0.3) is 11.3 Å². The summed E-state index contributed by atoms with van der Waals surface area (Å²) in [6, 6.07) is 13.1. The zero-order valence-electron chi connectivity index (χ0n) is 21.4. The van der Waals surface area contributed by atoms with Crippen LogP contribution in [0, 0.1) is 5.92 Å². The summed E-state index contributed by atoms with van der Waals surface area (Å²) in [5.41, 5.74) is 2.45. The van der Waals surface area contributed by atoms with Crippen LogP contribution in [-0.2, 0) is 16.7 Å². The van der Waals surface area contributed by atoms with Crippen LogP contribution < -0.4 is 15.0 Å². The quantitative estimate of drug-likeness (QED) is 0.358. The average Bonchev–Trinajstić information content (AvgIpc) is 2.89. The van der Waals surface area contributed by atoms with E-state index >= 15 is 0 Å². The van der Waals surface area contributed by atoms with Crippen molar-refractivity contribution < 1.29 is 17.7 Å². The smallest absolute Gasteiger partial charge is 0.265 e. The number of rotatable bonds is 8. The Morgan fingerprint density at radius 3 is 2.36 bits per heavy atom. The fraction of sp³-hybridized carbons (Fsp3) is 0.407. The van der Waals surface area contributed by atoms with E-state index < -0.39 is 10.1 Å². The van der Waals surface area contributed by atoms with Crippen molar-refractivity contribution in [3.05, 3.63) is 64.3 Å². The van der Waals surface area contributed by atoms with Gasteiger partial charge in [0.25, 0.3) is 10.1 Å². The molecule has 5 rings (SSSR count). The van der Waals surface area contributed by atoms with Gasteiger partial charge in [-0.25, -0.2) is 9.97 Å². The van der Waals surface area contributed by atoms with E-state index in [0.29, 0.717) is 46.8 Å². The van der Waals surface area contributed by atoms with Gasteiger partial charge >= 0.3 is 0 Å². The Labute approximate surface area is 238 Å². The average molecular weight is 593 g/mol. The highest BCUT2D eigenvalue weighted by atomic mass is 35.5. The van der Waals surface area contributed by atoms with E-state index in [1.807, 2.05) is 36.4 Å². The van der Waals surface area contributed by atoms with Crippen molar-refractivity contribution in [3.8, 4) is 22.9 Å². The SMILES string of the molecule is O=S(=O)(O)CC1CCN(Cc2cc(Oc3ccc(N4CCNCC4)nc3)nc(-c3cc(Cl)cc(Cl)c3)c2)CC1. The van der Waals surface area contributed by atoms with Crippen LogP contribution in [0.2, 0.25) is 10.0 Å². The summed E-state index contributed by atoms with van der Waals surface area (Å²) in [6.45, 7) is 5.79. The maximum absolute atomic E-state index is 11.3. The number of nitrogens with zero attached hydrogens (tertiary/aromatic N) is 4. The Hall–Kier alpha value is -2.47. The zero-order chi connectivity index (χ0) is 27.4. The van der Waals surface area contributed by atoms with Gasteiger partial charge in [0.05, 0.1) is 17.6 Å². The van der Waals surface area contributed by atoms with Crippen molar-refractivity contribution >= 4 is 39.1 Å². The second-order valence-electron chi connectivity index (χ2n) is 10.0. The molecule has 2 saturated heterocycles. The number of hydrogen-bond donors (Lipinski definition) is 2. The number of benzene rings is 1. The molecule has 1 aromatic carbocycles. The van der Waals surface area contributed by atoms with Gasteiger partial charge in [0.1, 0.15) is 11.6 Å². The molecule has 0 bridgehead atoms. The van der Waals surface area contributed by atoms with Crippen molar-refractivity contribution in [2.24, 2.45) is 5.92 Å². The van der Waals surface area contributed by atoms with Gasteiger partial charge < -0.3 is 15.0 Å². The number of piperidine rings is 1. The lowest BCUT2D eigenvalue weighted by Gasteiger charge is -2.31. The lowest BCUT2D eigenvalue weighted by Crippen LogP contribution is -2.43. The molecule has 2 aliphatic rings. The predicted octanol–water partition coefficient (Wildman–Crippen LogP) is 4.75. The van der Waals surface area contributed by atoms with Crippen molar-refractivity contribution in [3.63, 3.8) is 0 Å². The van der Waals surface area contributed by atoms with E-state index in [9.17, 15) is 13.0 Å². The third-order valence-corrected chi connectivity index (χ3v) is 8.29. The van der Waals surface area contributed by atoms with Crippen LogP contribution in [0.4, 0.5) is 5.82 Å². The van der Waals surface area contributed by atoms with Gasteiger partial charge in [-0.1, -0.05) is 23.2 Å². The van der Waals surface area contributed by atoms with E-state index in [1.54, 1.807) is 12.3 Å². The van der Waals surface area contributed by atoms with Gasteiger partial charge in [0.2, 0.25) is 5.88 Å². The summed E-state index contributed by atoms with van der Waals surface area (Å²) in [4.78, 5) is 13.8. The van der Waals surface area contributed by atoms with Crippen LogP contribution in [-0.4, -0.2) is 72.9 Å². The molecule has 208 valence electrons. The summed E-state index contributed by atoms with van der Waals surface area (Å²) in [6.07, 6.45) is 3.12. The lowest BCUT2D eigenvalue weighted by atomic mass is 9.98. The molecule has 0 spiro atoms. The third-order valence-electron chi connectivity index (χ3n) is 6.96. The molecule has 0 radical (unpaired) electrons. The van der Waals surface area contributed by atoms with E-state index in [-0.39, 0.29) is 11.7 Å². The summed E-state index contributed by atoms with van der Waals surface area (Å²) >= 11 is 12.5. The van der Waals surface area contributed by atoms with Crippen molar-refractivity contribution in [1.29, 1.82) is 0 Å². The molecule has 0 amide bonds. The molecule has 0 aliphatic carbocycles. The van der Waals surface area contributed by atoms with Gasteiger partial charge in [0, 0.05) is 54.4 Å². The van der Waals surface area contributed by atoms with Crippen LogP contribution in [0.1, 0.15) is 18.4 Å². The second-order valence-corrected chi connectivity index (χ2v) is 12.4. The molecular formula is C27H31Cl2N5O4S. The molecule has 2 aliphatic heterocycles. The minimum absolute atomic E-state index is 0.0339. The first-order valence-electron chi connectivity index (χ1n) is 12.9. The molecule has 12 heteroatoms. The van der Waals surface area contributed by atoms with Crippen LogP contribution >= 0.6 is 23.2 Å². The Morgan fingerprint density at radius 2 is 1.72 bits per heavy atom. The summed E-state index contributed by atoms with van der Waals surface area (Å²) in [5, 5.41) is 4.37. The number of piperazine rings is 1. The number of halogens is 2. The first-order valence-corrected chi connectivity index (χ1v) is 15.3. The van der Waals surface area contributed by atoms with Gasteiger partial charge in [-0.2, -0.15) is 8.42 Å². The second kappa shape index (κ2) is 12.4. The maximum atomic E-state index is 11.3. The molecule has 0 saturated carbocycles. The summed E-state index contributed by atoms with van der Waals surface area (Å²) in [7, 11) is -3.96. The molecule has 0 atom stereocenters. The van der Waals surface area contributed by atoms with E-state index in [2.05, 4.69) is 20.1 Å². The number of aromatic nitrogens is 2. The van der Waals surface area contributed by atoms with Crippen molar-refractivity contribution in [1.82, 2.24) is 20.2 Å². The van der Waals surface area contributed by atoms with Crippen LogP contribution in [0.5, 0.6) is 11.6 Å². The number of anilines is 1. The highest BCUT2D eigenvalue weighted by Crippen LogP contribution is 2.31. The van der Waals surface area contributed by atoms with Gasteiger partial charge in [-0.15, -0.1) is 0 Å². The zero-order valence-corrected chi connectivity index (χ0v) is 23.7. The fourth-order valence-electron chi connectivity index (χ4n) is 5.05.